The zero-order valence-electron chi connectivity index (χ0n) is 16.3. The lowest BCUT2D eigenvalue weighted by molar-refractivity contribution is 0.00159. The van der Waals surface area contributed by atoms with Crippen LogP contribution in [0.25, 0.3) is 0 Å². The van der Waals surface area contributed by atoms with Crippen molar-refractivity contribution in [3.63, 3.8) is 0 Å². The lowest BCUT2D eigenvalue weighted by Gasteiger charge is -2.26. The van der Waals surface area contributed by atoms with Crippen molar-refractivity contribution in [1.82, 2.24) is 4.31 Å². The van der Waals surface area contributed by atoms with Crippen LogP contribution in [0, 0.1) is 11.3 Å². The fourth-order valence-corrected chi connectivity index (χ4v) is 7.25. The molecule has 0 radical (unpaired) electrons. The molecule has 12 heteroatoms. The third kappa shape index (κ3) is 4.15. The number of sulfone groups is 1. The second-order valence-electron chi connectivity index (χ2n) is 7.02. The summed E-state index contributed by atoms with van der Waals surface area (Å²) in [5.41, 5.74) is -2.06. The van der Waals surface area contributed by atoms with Gasteiger partial charge in [0.15, 0.2) is 9.84 Å². The highest BCUT2D eigenvalue weighted by molar-refractivity contribution is 7.92. The van der Waals surface area contributed by atoms with Gasteiger partial charge in [-0.15, -0.1) is 0 Å². The molecule has 0 aromatic heterocycles. The molecular formula is C19H19ClN2O7S2. The molecule has 2 aromatic carbocycles. The van der Waals surface area contributed by atoms with E-state index in [1.807, 2.05) is 6.07 Å². The minimum absolute atomic E-state index is 0.101. The van der Waals surface area contributed by atoms with Crippen LogP contribution in [0.2, 0.25) is 5.02 Å². The van der Waals surface area contributed by atoms with E-state index in [4.69, 9.17) is 21.6 Å². The van der Waals surface area contributed by atoms with Crippen LogP contribution in [0.5, 0.6) is 5.75 Å². The molecule has 0 saturated carbocycles. The largest absolute Gasteiger partial charge is 0.495 e. The van der Waals surface area contributed by atoms with Crippen molar-refractivity contribution in [1.29, 1.82) is 5.26 Å². The van der Waals surface area contributed by atoms with Crippen LogP contribution in [-0.2, 0) is 19.9 Å². The molecule has 2 atom stereocenters. The quantitative estimate of drug-likeness (QED) is 0.609. The maximum Gasteiger partial charge on any atom is 0.246 e. The number of sulfonamides is 1. The summed E-state index contributed by atoms with van der Waals surface area (Å²) in [4.78, 5) is -0.456. The molecule has 0 amide bonds. The Hall–Kier alpha value is -2.20. The molecule has 9 nitrogen and oxygen atoms in total. The van der Waals surface area contributed by atoms with E-state index in [1.54, 1.807) is 0 Å². The number of hydrogen-bond donors (Lipinski definition) is 2. The first-order valence-corrected chi connectivity index (χ1v) is 12.3. The SMILES string of the molecule is COc1cc(C#N)ccc1S(=O)(=O)N1C[C@H](S(=O)(=O)c2ccc(Cl)cc2)[C@](O)(CO)C1. The molecule has 1 fully saturated rings. The highest BCUT2D eigenvalue weighted by Gasteiger charge is 2.55. The van der Waals surface area contributed by atoms with E-state index < -0.39 is 50.4 Å². The predicted octanol–water partition coefficient (Wildman–Crippen LogP) is 0.790. The number of hydrogen-bond acceptors (Lipinski definition) is 8. The average molecular weight is 487 g/mol. The Morgan fingerprint density at radius 2 is 1.87 bits per heavy atom. The van der Waals surface area contributed by atoms with E-state index >= 15 is 0 Å². The summed E-state index contributed by atoms with van der Waals surface area (Å²) in [6, 6.07) is 10.8. The molecule has 0 spiro atoms. The van der Waals surface area contributed by atoms with Crippen molar-refractivity contribution >= 4 is 31.5 Å². The van der Waals surface area contributed by atoms with Gasteiger partial charge in [0.25, 0.3) is 0 Å². The highest BCUT2D eigenvalue weighted by atomic mass is 35.5. The third-order valence-corrected chi connectivity index (χ3v) is 9.49. The molecule has 1 aliphatic heterocycles. The van der Waals surface area contributed by atoms with E-state index in [9.17, 15) is 27.0 Å². The number of methoxy groups -OCH3 is 1. The molecule has 0 unspecified atom stereocenters. The fourth-order valence-electron chi connectivity index (χ4n) is 3.43. The van der Waals surface area contributed by atoms with Crippen LogP contribution in [0.4, 0.5) is 0 Å². The normalized spacial score (nSPS) is 22.2. The summed E-state index contributed by atoms with van der Waals surface area (Å²) < 4.78 is 58.6. The van der Waals surface area contributed by atoms with Gasteiger partial charge in [0.2, 0.25) is 10.0 Å². The number of nitrogens with zero attached hydrogens (tertiary/aromatic N) is 2. The van der Waals surface area contributed by atoms with Crippen LogP contribution < -0.4 is 4.74 Å². The standard InChI is InChI=1S/C19H19ClN2O7S2/c1-29-16-8-13(9-21)2-7-17(16)31(27,28)22-10-18(19(24,11-22)12-23)30(25,26)15-5-3-14(20)4-6-15/h2-8,18,23-24H,10-12H2,1H3/t18-,19+/m0/s1. The summed E-state index contributed by atoms with van der Waals surface area (Å²) in [5, 5.41) is 28.3. The van der Waals surface area contributed by atoms with Gasteiger partial charge in [-0.25, -0.2) is 16.8 Å². The summed E-state index contributed by atoms with van der Waals surface area (Å²) in [6.07, 6.45) is 0. The second-order valence-corrected chi connectivity index (χ2v) is 11.5. The minimum atomic E-state index is -4.33. The number of aliphatic hydroxyl groups excluding tert-OH is 1. The average Bonchev–Trinajstić information content (AvgIpc) is 3.13. The van der Waals surface area contributed by atoms with Gasteiger partial charge in [0.1, 0.15) is 21.5 Å². The van der Waals surface area contributed by atoms with Crippen molar-refractivity contribution < 1.29 is 31.8 Å². The van der Waals surface area contributed by atoms with E-state index in [-0.39, 0.29) is 21.1 Å². The first kappa shape index (κ1) is 23.5. The van der Waals surface area contributed by atoms with Crippen molar-refractivity contribution in [2.45, 2.75) is 20.6 Å². The van der Waals surface area contributed by atoms with E-state index in [0.29, 0.717) is 5.02 Å². The number of benzene rings is 2. The van der Waals surface area contributed by atoms with Crippen molar-refractivity contribution in [2.24, 2.45) is 0 Å². The molecule has 2 N–H and O–H groups in total. The molecule has 3 rings (SSSR count). The Morgan fingerprint density at radius 1 is 1.23 bits per heavy atom. The zero-order valence-corrected chi connectivity index (χ0v) is 18.7. The van der Waals surface area contributed by atoms with Gasteiger partial charge in [-0.3, -0.25) is 0 Å². The monoisotopic (exact) mass is 486 g/mol. The molecule has 2 aromatic rings. The Kier molecular flexibility index (Phi) is 6.35. The molecular weight excluding hydrogens is 468 g/mol. The van der Waals surface area contributed by atoms with Crippen LogP contribution >= 0.6 is 11.6 Å². The second kappa shape index (κ2) is 8.38. The number of halogens is 1. The van der Waals surface area contributed by atoms with Crippen LogP contribution in [0.15, 0.2) is 52.3 Å². The van der Waals surface area contributed by atoms with Crippen LogP contribution in [-0.4, -0.2) is 69.0 Å². The summed E-state index contributed by atoms with van der Waals surface area (Å²) in [5.74, 6) is -0.101. The summed E-state index contributed by atoms with van der Waals surface area (Å²) >= 11 is 5.80. The number of aliphatic hydroxyl groups is 2. The molecule has 0 bridgehead atoms. The zero-order chi connectivity index (χ0) is 23.0. The number of rotatable bonds is 6. The van der Waals surface area contributed by atoms with Crippen molar-refractivity contribution in [2.75, 3.05) is 26.8 Å². The van der Waals surface area contributed by atoms with Crippen molar-refractivity contribution in [3.05, 3.63) is 53.1 Å². The van der Waals surface area contributed by atoms with E-state index in [2.05, 4.69) is 0 Å². The fraction of sp³-hybridized carbons (Fsp3) is 0.316. The summed E-state index contributed by atoms with van der Waals surface area (Å²) in [6.45, 7) is -2.21. The Morgan fingerprint density at radius 3 is 2.42 bits per heavy atom. The van der Waals surface area contributed by atoms with E-state index in [0.717, 1.165) is 4.31 Å². The predicted molar refractivity (Wildman–Crippen MR) is 111 cm³/mol. The van der Waals surface area contributed by atoms with Gasteiger partial charge >= 0.3 is 0 Å². The lowest BCUT2D eigenvalue weighted by atomic mass is 10.1. The van der Waals surface area contributed by atoms with Gasteiger partial charge < -0.3 is 14.9 Å². The lowest BCUT2D eigenvalue weighted by Crippen LogP contribution is -2.49. The van der Waals surface area contributed by atoms with Crippen LogP contribution in [0.3, 0.4) is 0 Å². The Balaban J connectivity index is 2.04. The maximum absolute atomic E-state index is 13.2. The first-order valence-electron chi connectivity index (χ1n) is 8.90. The number of β-amino-alcohol motifs (C(OH)–C–C–N with tert-alkyl or cyclic N) is 1. The molecule has 1 saturated heterocycles. The molecule has 0 aliphatic carbocycles. The van der Waals surface area contributed by atoms with Gasteiger partial charge in [-0.1, -0.05) is 11.6 Å². The van der Waals surface area contributed by atoms with Gasteiger partial charge in [-0.05, 0) is 42.5 Å². The molecule has 1 heterocycles. The molecule has 1 aliphatic rings. The van der Waals surface area contributed by atoms with Crippen LogP contribution in [0.1, 0.15) is 5.56 Å². The Bertz CT molecular complexity index is 1240. The first-order chi connectivity index (χ1) is 14.5. The number of nitriles is 1. The van der Waals surface area contributed by atoms with Gasteiger partial charge in [-0.2, -0.15) is 9.57 Å². The molecule has 166 valence electrons. The van der Waals surface area contributed by atoms with E-state index in [1.165, 1.54) is 49.6 Å². The van der Waals surface area contributed by atoms with Gasteiger partial charge in [0.05, 0.1) is 30.2 Å². The number of ether oxygens (including phenoxy) is 1. The van der Waals surface area contributed by atoms with Crippen molar-refractivity contribution in [3.8, 4) is 11.8 Å². The highest BCUT2D eigenvalue weighted by Crippen LogP contribution is 2.37. The third-order valence-electron chi connectivity index (χ3n) is 5.12. The Labute approximate surface area is 185 Å². The topological polar surface area (TPSA) is 145 Å². The summed E-state index contributed by atoms with van der Waals surface area (Å²) in [7, 11) is -7.32. The smallest absolute Gasteiger partial charge is 0.246 e. The maximum atomic E-state index is 13.2. The molecule has 31 heavy (non-hydrogen) atoms. The minimum Gasteiger partial charge on any atom is -0.495 e. The van der Waals surface area contributed by atoms with Gasteiger partial charge in [0, 0.05) is 18.1 Å².